The number of piperidine rings is 1. The summed E-state index contributed by atoms with van der Waals surface area (Å²) >= 11 is 0. The lowest BCUT2D eigenvalue weighted by molar-refractivity contribution is -0.133. The molecule has 7 nitrogen and oxygen atoms in total. The first-order valence-electron chi connectivity index (χ1n) is 8.25. The van der Waals surface area contributed by atoms with Gasteiger partial charge in [0.05, 0.1) is 19.3 Å². The van der Waals surface area contributed by atoms with Crippen molar-refractivity contribution in [1.82, 2.24) is 24.6 Å². The van der Waals surface area contributed by atoms with Crippen molar-refractivity contribution in [3.05, 3.63) is 12.7 Å². The summed E-state index contributed by atoms with van der Waals surface area (Å²) < 4.78 is 7.58. The zero-order valence-corrected chi connectivity index (χ0v) is 13.1. The third kappa shape index (κ3) is 4.27. The maximum atomic E-state index is 12.2. The number of carbonyl (C=O) groups excluding carboxylic acids is 1. The highest BCUT2D eigenvalue weighted by molar-refractivity contribution is 5.76. The molecule has 1 aromatic rings. The number of carbonyl (C=O) groups is 1. The number of hydrogen-bond acceptors (Lipinski definition) is 5. The van der Waals surface area contributed by atoms with E-state index >= 15 is 0 Å². The lowest BCUT2D eigenvalue weighted by Gasteiger charge is -2.33. The zero-order chi connectivity index (χ0) is 15.2. The van der Waals surface area contributed by atoms with Crippen LogP contribution in [-0.2, 0) is 16.1 Å². The van der Waals surface area contributed by atoms with Crippen molar-refractivity contribution in [2.45, 2.75) is 38.3 Å². The van der Waals surface area contributed by atoms with E-state index in [0.29, 0.717) is 12.3 Å². The molecule has 2 aliphatic heterocycles. The van der Waals surface area contributed by atoms with Crippen LogP contribution in [0.15, 0.2) is 12.7 Å². The van der Waals surface area contributed by atoms with E-state index < -0.39 is 0 Å². The number of amides is 1. The van der Waals surface area contributed by atoms with Crippen LogP contribution in [-0.4, -0.2) is 75.9 Å². The van der Waals surface area contributed by atoms with Crippen LogP contribution in [0.1, 0.15) is 25.7 Å². The molecule has 0 aliphatic carbocycles. The molecule has 0 bridgehead atoms. The first-order chi connectivity index (χ1) is 10.8. The molecule has 3 rings (SSSR count). The fraction of sp³-hybridized carbons (Fsp3) is 0.800. The molecule has 2 aliphatic rings. The molecule has 1 aromatic heterocycles. The van der Waals surface area contributed by atoms with E-state index in [1.165, 1.54) is 12.7 Å². The highest BCUT2D eigenvalue weighted by Gasteiger charge is 2.23. The van der Waals surface area contributed by atoms with Crippen molar-refractivity contribution in [3.8, 4) is 0 Å². The van der Waals surface area contributed by atoms with Crippen LogP contribution in [0.3, 0.4) is 0 Å². The van der Waals surface area contributed by atoms with E-state index in [2.05, 4.69) is 15.0 Å². The summed E-state index contributed by atoms with van der Waals surface area (Å²) in [6, 6.07) is 0. The Morgan fingerprint density at radius 2 is 2.09 bits per heavy atom. The van der Waals surface area contributed by atoms with Crippen molar-refractivity contribution in [2.75, 3.05) is 39.3 Å². The fourth-order valence-electron chi connectivity index (χ4n) is 3.18. The maximum absolute atomic E-state index is 12.2. The molecule has 0 saturated carbocycles. The molecule has 1 amide bonds. The quantitative estimate of drug-likeness (QED) is 0.787. The second-order valence-corrected chi connectivity index (χ2v) is 6.10. The van der Waals surface area contributed by atoms with Gasteiger partial charge in [-0.2, -0.15) is 5.10 Å². The molecule has 2 saturated heterocycles. The average molecular weight is 307 g/mol. The molecule has 7 heteroatoms. The van der Waals surface area contributed by atoms with Gasteiger partial charge in [-0.25, -0.2) is 4.98 Å². The van der Waals surface area contributed by atoms with Gasteiger partial charge in [-0.1, -0.05) is 0 Å². The van der Waals surface area contributed by atoms with E-state index in [-0.39, 0.29) is 6.10 Å². The van der Waals surface area contributed by atoms with Gasteiger partial charge in [-0.05, 0) is 19.3 Å². The Morgan fingerprint density at radius 3 is 2.86 bits per heavy atom. The lowest BCUT2D eigenvalue weighted by Crippen LogP contribution is -2.46. The van der Waals surface area contributed by atoms with E-state index in [1.807, 2.05) is 4.90 Å². The fourth-order valence-corrected chi connectivity index (χ4v) is 3.18. The number of rotatable bonds is 5. The molecule has 1 unspecified atom stereocenters. The third-order valence-corrected chi connectivity index (χ3v) is 4.43. The van der Waals surface area contributed by atoms with Crippen LogP contribution in [0.2, 0.25) is 0 Å². The minimum absolute atomic E-state index is 0.125. The monoisotopic (exact) mass is 307 g/mol. The van der Waals surface area contributed by atoms with E-state index in [0.717, 1.165) is 58.7 Å². The second kappa shape index (κ2) is 7.69. The van der Waals surface area contributed by atoms with Gasteiger partial charge in [0.1, 0.15) is 12.7 Å². The molecule has 1 atom stereocenters. The van der Waals surface area contributed by atoms with Crippen molar-refractivity contribution in [2.24, 2.45) is 0 Å². The van der Waals surface area contributed by atoms with Crippen LogP contribution in [0.5, 0.6) is 0 Å². The molecule has 122 valence electrons. The Hall–Kier alpha value is -1.47. The molecule has 3 heterocycles. The lowest BCUT2D eigenvalue weighted by atomic mass is 10.1. The van der Waals surface area contributed by atoms with Gasteiger partial charge >= 0.3 is 0 Å². The average Bonchev–Trinajstić information content (AvgIpc) is 3.07. The van der Waals surface area contributed by atoms with Gasteiger partial charge in [0.15, 0.2) is 0 Å². The van der Waals surface area contributed by atoms with Crippen LogP contribution >= 0.6 is 0 Å². The minimum Gasteiger partial charge on any atom is -0.374 e. The molecule has 22 heavy (non-hydrogen) atoms. The summed E-state index contributed by atoms with van der Waals surface area (Å²) in [6.45, 7) is 5.91. The van der Waals surface area contributed by atoms with Gasteiger partial charge in [-0.3, -0.25) is 14.4 Å². The molecular formula is C15H25N5O2. The second-order valence-electron chi connectivity index (χ2n) is 6.10. The Bertz CT molecular complexity index is 459. The summed E-state index contributed by atoms with van der Waals surface area (Å²) in [4.78, 5) is 20.5. The topological polar surface area (TPSA) is 63.5 Å². The number of nitrogens with zero attached hydrogens (tertiary/aromatic N) is 5. The molecule has 0 spiro atoms. The predicted molar refractivity (Wildman–Crippen MR) is 81.3 cm³/mol. The van der Waals surface area contributed by atoms with E-state index in [4.69, 9.17) is 4.74 Å². The highest BCUT2D eigenvalue weighted by Crippen LogP contribution is 2.12. The summed E-state index contributed by atoms with van der Waals surface area (Å²) in [6.07, 6.45) is 7.57. The minimum atomic E-state index is 0.125. The van der Waals surface area contributed by atoms with Gasteiger partial charge in [0.2, 0.25) is 5.91 Å². The maximum Gasteiger partial charge on any atom is 0.223 e. The zero-order valence-electron chi connectivity index (χ0n) is 13.1. The summed E-state index contributed by atoms with van der Waals surface area (Å²) in [7, 11) is 0. The highest BCUT2D eigenvalue weighted by atomic mass is 16.5. The molecular weight excluding hydrogens is 282 g/mol. The van der Waals surface area contributed by atoms with E-state index in [1.54, 1.807) is 11.0 Å². The molecule has 0 N–H and O–H groups in total. The summed E-state index contributed by atoms with van der Waals surface area (Å²) in [5.41, 5.74) is 0. The van der Waals surface area contributed by atoms with Crippen LogP contribution < -0.4 is 0 Å². The largest absolute Gasteiger partial charge is 0.374 e. The Kier molecular flexibility index (Phi) is 5.39. The normalized spacial score (nSPS) is 23.6. The third-order valence-electron chi connectivity index (χ3n) is 4.43. The van der Waals surface area contributed by atoms with Crippen LogP contribution in [0, 0.1) is 0 Å². The molecule has 2 fully saturated rings. The van der Waals surface area contributed by atoms with Crippen molar-refractivity contribution in [1.29, 1.82) is 0 Å². The van der Waals surface area contributed by atoms with Crippen molar-refractivity contribution in [3.63, 3.8) is 0 Å². The van der Waals surface area contributed by atoms with Crippen LogP contribution in [0.4, 0.5) is 0 Å². The van der Waals surface area contributed by atoms with Gasteiger partial charge in [-0.15, -0.1) is 0 Å². The smallest absolute Gasteiger partial charge is 0.223 e. The van der Waals surface area contributed by atoms with Crippen LogP contribution in [0.25, 0.3) is 0 Å². The summed E-state index contributed by atoms with van der Waals surface area (Å²) in [5, 5.41) is 4.12. The van der Waals surface area contributed by atoms with Gasteiger partial charge < -0.3 is 9.64 Å². The predicted octanol–water partition coefficient (Wildman–Crippen LogP) is 0.382. The van der Waals surface area contributed by atoms with Crippen molar-refractivity contribution >= 4 is 5.91 Å². The first kappa shape index (κ1) is 15.4. The number of hydrogen-bond donors (Lipinski definition) is 0. The number of morpholine rings is 1. The summed E-state index contributed by atoms with van der Waals surface area (Å²) in [5.74, 6) is 0.305. The Morgan fingerprint density at radius 1 is 1.23 bits per heavy atom. The standard InChI is InChI=1S/C15H25N5O2/c21-15(19-5-2-1-3-6-19)4-7-18-8-9-22-14(10-18)11-20-13-16-12-17-20/h12-14H,1-11H2. The molecule has 0 aromatic carbocycles. The Balaban J connectivity index is 1.41. The van der Waals surface area contributed by atoms with Gasteiger partial charge in [0.25, 0.3) is 0 Å². The van der Waals surface area contributed by atoms with Crippen molar-refractivity contribution < 1.29 is 9.53 Å². The number of ether oxygens (including phenoxy) is 1. The Labute approximate surface area is 131 Å². The first-order valence-corrected chi connectivity index (χ1v) is 8.25. The number of likely N-dealkylation sites (tertiary alicyclic amines) is 1. The van der Waals surface area contributed by atoms with E-state index in [9.17, 15) is 4.79 Å². The van der Waals surface area contributed by atoms with Gasteiger partial charge in [0, 0.05) is 39.1 Å². The molecule has 0 radical (unpaired) electrons. The SMILES string of the molecule is O=C(CCN1CCOC(Cn2cncn2)C1)N1CCCCC1. The number of aromatic nitrogens is 3.